The third kappa shape index (κ3) is 3.80. The molecule has 0 aromatic heterocycles. The zero-order valence-corrected chi connectivity index (χ0v) is 12.7. The van der Waals surface area contributed by atoms with Crippen molar-refractivity contribution in [3.05, 3.63) is 35.4 Å². The highest BCUT2D eigenvalue weighted by Crippen LogP contribution is 2.18. The quantitative estimate of drug-likeness (QED) is 0.843. The fourth-order valence-corrected chi connectivity index (χ4v) is 3.02. The Balaban J connectivity index is 1.84. The predicted molar refractivity (Wildman–Crippen MR) is 82.5 cm³/mol. The largest absolute Gasteiger partial charge is 0.309 e. The van der Waals surface area contributed by atoms with E-state index in [-0.39, 0.29) is 0 Å². The Labute approximate surface area is 118 Å². The van der Waals surface area contributed by atoms with E-state index in [4.69, 9.17) is 0 Å². The van der Waals surface area contributed by atoms with Crippen LogP contribution in [0.25, 0.3) is 0 Å². The van der Waals surface area contributed by atoms with Crippen molar-refractivity contribution in [3.63, 3.8) is 0 Å². The van der Waals surface area contributed by atoms with Gasteiger partial charge >= 0.3 is 0 Å². The number of likely N-dealkylation sites (N-methyl/N-ethyl adjacent to an activating group) is 1. The summed E-state index contributed by atoms with van der Waals surface area (Å²) in [5.41, 5.74) is 2.82. The van der Waals surface area contributed by atoms with Crippen molar-refractivity contribution in [2.45, 2.75) is 52.1 Å². The zero-order valence-electron chi connectivity index (χ0n) is 12.7. The number of aryl methyl sites for hydroxylation is 1. The Kier molecular flexibility index (Phi) is 5.41. The van der Waals surface area contributed by atoms with Crippen LogP contribution in [-0.4, -0.2) is 30.6 Å². The van der Waals surface area contributed by atoms with E-state index in [1.165, 1.54) is 37.1 Å². The second-order valence-corrected chi connectivity index (χ2v) is 5.65. The van der Waals surface area contributed by atoms with Crippen molar-refractivity contribution in [3.8, 4) is 0 Å². The normalized spacial score (nSPS) is 21.7. The second-order valence-electron chi connectivity index (χ2n) is 5.65. The summed E-state index contributed by atoms with van der Waals surface area (Å²) in [6.07, 6.45) is 3.83. The average molecular weight is 260 g/mol. The van der Waals surface area contributed by atoms with Gasteiger partial charge in [-0.05, 0) is 50.4 Å². The molecule has 106 valence electrons. The molecular formula is C17H28N2. The summed E-state index contributed by atoms with van der Waals surface area (Å²) in [4.78, 5) is 2.60. The van der Waals surface area contributed by atoms with Gasteiger partial charge in [-0.2, -0.15) is 0 Å². The molecule has 1 fully saturated rings. The summed E-state index contributed by atoms with van der Waals surface area (Å²) in [5.74, 6) is 0. The van der Waals surface area contributed by atoms with Crippen molar-refractivity contribution in [2.24, 2.45) is 0 Å². The van der Waals surface area contributed by atoms with Crippen LogP contribution in [0.1, 0.15) is 50.8 Å². The SMILES string of the molecule is CCc1ccc(C(C)NCC2CCCN2CC)cc1. The van der Waals surface area contributed by atoms with Crippen LogP contribution in [0.4, 0.5) is 0 Å². The first-order valence-corrected chi connectivity index (χ1v) is 7.80. The average Bonchev–Trinajstić information content (AvgIpc) is 2.92. The van der Waals surface area contributed by atoms with E-state index in [2.05, 4.69) is 55.3 Å². The van der Waals surface area contributed by atoms with E-state index >= 15 is 0 Å². The van der Waals surface area contributed by atoms with Crippen LogP contribution < -0.4 is 5.32 Å². The summed E-state index contributed by atoms with van der Waals surface area (Å²) in [5, 5.41) is 3.70. The molecule has 2 heteroatoms. The summed E-state index contributed by atoms with van der Waals surface area (Å²) < 4.78 is 0. The number of rotatable bonds is 6. The van der Waals surface area contributed by atoms with Gasteiger partial charge < -0.3 is 5.32 Å². The van der Waals surface area contributed by atoms with Gasteiger partial charge in [0.05, 0.1) is 0 Å². The predicted octanol–water partition coefficient (Wildman–Crippen LogP) is 3.38. The molecule has 1 aliphatic heterocycles. The third-order valence-electron chi connectivity index (χ3n) is 4.45. The van der Waals surface area contributed by atoms with Gasteiger partial charge in [-0.25, -0.2) is 0 Å². The highest BCUT2D eigenvalue weighted by molar-refractivity contribution is 5.24. The number of nitrogens with one attached hydrogen (secondary N) is 1. The Morgan fingerprint density at radius 3 is 2.63 bits per heavy atom. The topological polar surface area (TPSA) is 15.3 Å². The Morgan fingerprint density at radius 2 is 2.00 bits per heavy atom. The molecule has 1 N–H and O–H groups in total. The van der Waals surface area contributed by atoms with Gasteiger partial charge in [0.1, 0.15) is 0 Å². The van der Waals surface area contributed by atoms with E-state index in [0.29, 0.717) is 6.04 Å². The van der Waals surface area contributed by atoms with E-state index in [9.17, 15) is 0 Å². The lowest BCUT2D eigenvalue weighted by Crippen LogP contribution is -2.38. The van der Waals surface area contributed by atoms with E-state index < -0.39 is 0 Å². The van der Waals surface area contributed by atoms with Gasteiger partial charge in [0, 0.05) is 18.6 Å². The maximum Gasteiger partial charge on any atom is 0.0292 e. The molecule has 0 aliphatic carbocycles. The molecule has 0 spiro atoms. The molecular weight excluding hydrogens is 232 g/mol. The van der Waals surface area contributed by atoms with Crippen molar-refractivity contribution < 1.29 is 0 Å². The summed E-state index contributed by atoms with van der Waals surface area (Å²) in [7, 11) is 0. The highest BCUT2D eigenvalue weighted by Gasteiger charge is 2.22. The molecule has 19 heavy (non-hydrogen) atoms. The molecule has 0 bridgehead atoms. The maximum atomic E-state index is 3.70. The summed E-state index contributed by atoms with van der Waals surface area (Å²) in [6, 6.07) is 10.2. The lowest BCUT2D eigenvalue weighted by molar-refractivity contribution is 0.255. The first kappa shape index (κ1) is 14.5. The number of hydrogen-bond donors (Lipinski definition) is 1. The third-order valence-corrected chi connectivity index (χ3v) is 4.45. The first-order chi connectivity index (χ1) is 9.24. The second kappa shape index (κ2) is 7.06. The van der Waals surface area contributed by atoms with Crippen LogP contribution in [0.3, 0.4) is 0 Å². The van der Waals surface area contributed by atoms with Gasteiger partial charge in [-0.3, -0.25) is 4.90 Å². The van der Waals surface area contributed by atoms with E-state index in [1.807, 2.05) is 0 Å². The van der Waals surface area contributed by atoms with Crippen molar-refractivity contribution in [2.75, 3.05) is 19.6 Å². The van der Waals surface area contributed by atoms with Crippen LogP contribution in [0.2, 0.25) is 0 Å². The highest BCUT2D eigenvalue weighted by atomic mass is 15.2. The molecule has 0 amide bonds. The maximum absolute atomic E-state index is 3.70. The number of benzene rings is 1. The minimum Gasteiger partial charge on any atom is -0.309 e. The van der Waals surface area contributed by atoms with Gasteiger partial charge in [0.15, 0.2) is 0 Å². The van der Waals surface area contributed by atoms with E-state index in [0.717, 1.165) is 19.0 Å². The van der Waals surface area contributed by atoms with Gasteiger partial charge in [-0.1, -0.05) is 38.1 Å². The Hall–Kier alpha value is -0.860. The molecule has 2 nitrogen and oxygen atoms in total. The number of nitrogens with zero attached hydrogens (tertiary/aromatic N) is 1. The standard InChI is InChI=1S/C17H28N2/c1-4-15-8-10-16(11-9-15)14(3)18-13-17-7-6-12-19(17)5-2/h8-11,14,17-18H,4-7,12-13H2,1-3H3. The van der Waals surface area contributed by atoms with Crippen LogP contribution in [0.15, 0.2) is 24.3 Å². The fraction of sp³-hybridized carbons (Fsp3) is 0.647. The molecule has 1 aromatic carbocycles. The molecule has 1 saturated heterocycles. The summed E-state index contributed by atoms with van der Waals surface area (Å²) >= 11 is 0. The lowest BCUT2D eigenvalue weighted by atomic mass is 10.0. The van der Waals surface area contributed by atoms with Gasteiger partial charge in [0.2, 0.25) is 0 Å². The van der Waals surface area contributed by atoms with E-state index in [1.54, 1.807) is 0 Å². The van der Waals surface area contributed by atoms with Crippen molar-refractivity contribution >= 4 is 0 Å². The van der Waals surface area contributed by atoms with Crippen molar-refractivity contribution in [1.29, 1.82) is 0 Å². The van der Waals surface area contributed by atoms with Crippen molar-refractivity contribution in [1.82, 2.24) is 10.2 Å². The van der Waals surface area contributed by atoms with Crippen LogP contribution >= 0.6 is 0 Å². The minimum atomic E-state index is 0.449. The molecule has 1 heterocycles. The van der Waals surface area contributed by atoms with Gasteiger partial charge in [0.25, 0.3) is 0 Å². The molecule has 2 rings (SSSR count). The number of likely N-dealkylation sites (tertiary alicyclic amines) is 1. The fourth-order valence-electron chi connectivity index (χ4n) is 3.02. The number of hydrogen-bond acceptors (Lipinski definition) is 2. The monoisotopic (exact) mass is 260 g/mol. The minimum absolute atomic E-state index is 0.449. The lowest BCUT2D eigenvalue weighted by Gasteiger charge is -2.25. The molecule has 0 saturated carbocycles. The van der Waals surface area contributed by atoms with Gasteiger partial charge in [-0.15, -0.1) is 0 Å². The van der Waals surface area contributed by atoms with Crippen LogP contribution in [0.5, 0.6) is 0 Å². The smallest absolute Gasteiger partial charge is 0.0292 e. The summed E-state index contributed by atoms with van der Waals surface area (Å²) in [6.45, 7) is 10.3. The molecule has 1 aliphatic rings. The zero-order chi connectivity index (χ0) is 13.7. The first-order valence-electron chi connectivity index (χ1n) is 7.80. The molecule has 1 aromatic rings. The van der Waals surface area contributed by atoms with Crippen LogP contribution in [-0.2, 0) is 6.42 Å². The molecule has 0 radical (unpaired) electrons. The molecule has 2 atom stereocenters. The Morgan fingerprint density at radius 1 is 1.26 bits per heavy atom. The Bertz CT molecular complexity index is 371. The van der Waals surface area contributed by atoms with Crippen LogP contribution in [0, 0.1) is 0 Å². The molecule has 2 unspecified atom stereocenters.